The highest BCUT2D eigenvalue weighted by Crippen LogP contribution is 2.27. The number of nitrogens with zero attached hydrogens (tertiary/aromatic N) is 1. The third-order valence-electron chi connectivity index (χ3n) is 5.09. The lowest BCUT2D eigenvalue weighted by molar-refractivity contribution is -0.126. The number of carbonyl (C=O) groups excluding carboxylic acids is 3. The molecule has 1 saturated heterocycles. The maximum absolute atomic E-state index is 12.5. The monoisotopic (exact) mass is 449 g/mol. The van der Waals surface area contributed by atoms with Crippen LogP contribution in [0, 0.1) is 5.92 Å². The Hall–Kier alpha value is -3.65. The van der Waals surface area contributed by atoms with Gasteiger partial charge < -0.3 is 20.3 Å². The first-order chi connectivity index (χ1) is 15.6. The van der Waals surface area contributed by atoms with Crippen molar-refractivity contribution in [2.75, 3.05) is 23.4 Å². The number of para-hydroxylation sites is 1. The minimum absolute atomic E-state index is 0.0859. The average Bonchev–Trinajstić information content (AvgIpc) is 3.47. The van der Waals surface area contributed by atoms with Gasteiger partial charge in [-0.3, -0.25) is 14.4 Å². The molecule has 32 heavy (non-hydrogen) atoms. The van der Waals surface area contributed by atoms with E-state index < -0.39 is 0 Å². The smallest absolute Gasteiger partial charge is 0.262 e. The number of amides is 3. The van der Waals surface area contributed by atoms with Gasteiger partial charge in [0, 0.05) is 29.2 Å². The Morgan fingerprint density at radius 1 is 1.03 bits per heavy atom. The highest BCUT2D eigenvalue weighted by atomic mass is 32.1. The number of hydrogen-bond acceptors (Lipinski definition) is 5. The Morgan fingerprint density at radius 2 is 1.81 bits per heavy atom. The number of hydrogen-bond donors (Lipinski definition) is 2. The van der Waals surface area contributed by atoms with Crippen LogP contribution in [0.1, 0.15) is 11.3 Å². The highest BCUT2D eigenvalue weighted by molar-refractivity contribution is 7.09. The highest BCUT2D eigenvalue weighted by Gasteiger charge is 2.35. The number of rotatable bonds is 8. The topological polar surface area (TPSA) is 87.7 Å². The molecular weight excluding hydrogens is 426 g/mol. The summed E-state index contributed by atoms with van der Waals surface area (Å²) in [6, 6.07) is 20.0. The molecule has 4 rings (SSSR count). The van der Waals surface area contributed by atoms with Gasteiger partial charge in [-0.15, -0.1) is 11.3 Å². The summed E-state index contributed by atoms with van der Waals surface area (Å²) in [5, 5.41) is 7.63. The summed E-state index contributed by atoms with van der Waals surface area (Å²) < 4.78 is 5.53. The lowest BCUT2D eigenvalue weighted by Gasteiger charge is -2.17. The summed E-state index contributed by atoms with van der Waals surface area (Å²) in [5.41, 5.74) is 1.41. The molecule has 2 N–H and O–H groups in total. The Labute approximate surface area is 190 Å². The summed E-state index contributed by atoms with van der Waals surface area (Å²) in [5.74, 6) is -0.309. The van der Waals surface area contributed by atoms with Crippen molar-refractivity contribution in [2.24, 2.45) is 5.92 Å². The van der Waals surface area contributed by atoms with Crippen molar-refractivity contribution in [1.82, 2.24) is 5.32 Å². The fourth-order valence-electron chi connectivity index (χ4n) is 3.45. The standard InChI is InChI=1S/C24H23N3O4S/c28-22(26-18-5-2-1-3-6-18)16-31-20-10-8-19(9-11-20)27-15-17(13-23(27)29)24(30)25-14-21-7-4-12-32-21/h1-12,17H,13-16H2,(H,25,30)(H,26,28)/t17-/m0/s1. The molecule has 2 aromatic carbocycles. The molecular formula is C24H23N3O4S. The Balaban J connectivity index is 1.27. The summed E-state index contributed by atoms with van der Waals surface area (Å²) >= 11 is 1.58. The van der Waals surface area contributed by atoms with E-state index >= 15 is 0 Å². The summed E-state index contributed by atoms with van der Waals surface area (Å²) in [6.45, 7) is 0.698. The van der Waals surface area contributed by atoms with Crippen LogP contribution < -0.4 is 20.3 Å². The Kier molecular flexibility index (Phi) is 6.81. The minimum atomic E-state index is -0.375. The molecule has 0 aliphatic carbocycles. The molecule has 1 atom stereocenters. The van der Waals surface area contributed by atoms with Crippen LogP contribution in [0.25, 0.3) is 0 Å². The predicted molar refractivity (Wildman–Crippen MR) is 124 cm³/mol. The molecule has 164 valence electrons. The second-order valence-electron chi connectivity index (χ2n) is 7.40. The third-order valence-corrected chi connectivity index (χ3v) is 5.97. The zero-order chi connectivity index (χ0) is 22.3. The van der Waals surface area contributed by atoms with Gasteiger partial charge in [-0.1, -0.05) is 24.3 Å². The second-order valence-corrected chi connectivity index (χ2v) is 8.43. The normalized spacial score (nSPS) is 15.4. The van der Waals surface area contributed by atoms with E-state index in [1.807, 2.05) is 35.7 Å². The van der Waals surface area contributed by atoms with Gasteiger partial charge >= 0.3 is 0 Å². The molecule has 3 aromatic rings. The quantitative estimate of drug-likeness (QED) is 0.552. The minimum Gasteiger partial charge on any atom is -0.484 e. The molecule has 1 aliphatic rings. The largest absolute Gasteiger partial charge is 0.484 e. The van der Waals surface area contributed by atoms with E-state index in [1.54, 1.807) is 52.6 Å². The molecule has 0 bridgehead atoms. The summed E-state index contributed by atoms with van der Waals surface area (Å²) in [7, 11) is 0. The SMILES string of the molecule is O=C(COc1ccc(N2C[C@@H](C(=O)NCc3cccs3)CC2=O)cc1)Nc1ccccc1. The van der Waals surface area contributed by atoms with Crippen LogP contribution in [-0.2, 0) is 20.9 Å². The first-order valence-corrected chi connectivity index (χ1v) is 11.1. The van der Waals surface area contributed by atoms with Crippen LogP contribution in [0.4, 0.5) is 11.4 Å². The third kappa shape index (κ3) is 5.53. The maximum atomic E-state index is 12.5. The molecule has 1 fully saturated rings. The average molecular weight is 450 g/mol. The van der Waals surface area contributed by atoms with Crippen molar-refractivity contribution >= 4 is 40.4 Å². The van der Waals surface area contributed by atoms with Crippen molar-refractivity contribution < 1.29 is 19.1 Å². The molecule has 1 aliphatic heterocycles. The van der Waals surface area contributed by atoms with Gasteiger partial charge in [0.2, 0.25) is 11.8 Å². The van der Waals surface area contributed by atoms with Crippen molar-refractivity contribution in [3.05, 3.63) is 77.0 Å². The lowest BCUT2D eigenvalue weighted by Crippen LogP contribution is -2.32. The zero-order valence-electron chi connectivity index (χ0n) is 17.3. The van der Waals surface area contributed by atoms with E-state index in [-0.39, 0.29) is 36.7 Å². The number of thiophene rings is 1. The van der Waals surface area contributed by atoms with Crippen molar-refractivity contribution in [1.29, 1.82) is 0 Å². The van der Waals surface area contributed by atoms with Crippen molar-refractivity contribution in [3.63, 3.8) is 0 Å². The number of ether oxygens (including phenoxy) is 1. The zero-order valence-corrected chi connectivity index (χ0v) is 18.1. The molecule has 0 radical (unpaired) electrons. The molecule has 0 unspecified atom stereocenters. The van der Waals surface area contributed by atoms with E-state index in [4.69, 9.17) is 4.74 Å². The van der Waals surface area contributed by atoms with E-state index in [0.717, 1.165) is 4.88 Å². The molecule has 3 amide bonds. The van der Waals surface area contributed by atoms with Crippen molar-refractivity contribution in [2.45, 2.75) is 13.0 Å². The number of anilines is 2. The molecule has 0 spiro atoms. The second kappa shape index (κ2) is 10.1. The van der Waals surface area contributed by atoms with E-state index in [2.05, 4.69) is 10.6 Å². The van der Waals surface area contributed by atoms with Gasteiger partial charge in [-0.2, -0.15) is 0 Å². The first-order valence-electron chi connectivity index (χ1n) is 10.3. The lowest BCUT2D eigenvalue weighted by atomic mass is 10.1. The molecule has 2 heterocycles. The van der Waals surface area contributed by atoms with Crippen LogP contribution in [0.2, 0.25) is 0 Å². The molecule has 1 aromatic heterocycles. The van der Waals surface area contributed by atoms with Gasteiger partial charge in [0.05, 0.1) is 12.5 Å². The number of benzene rings is 2. The van der Waals surface area contributed by atoms with Gasteiger partial charge in [0.15, 0.2) is 6.61 Å². The summed E-state index contributed by atoms with van der Waals surface area (Å²) in [4.78, 5) is 39.6. The van der Waals surface area contributed by atoms with E-state index in [9.17, 15) is 14.4 Å². The number of nitrogens with one attached hydrogen (secondary N) is 2. The summed E-state index contributed by atoms with van der Waals surface area (Å²) in [6.07, 6.45) is 0.189. The van der Waals surface area contributed by atoms with Gasteiger partial charge in [-0.25, -0.2) is 0 Å². The fraction of sp³-hybridized carbons (Fsp3) is 0.208. The Morgan fingerprint density at radius 3 is 2.53 bits per heavy atom. The first kappa shape index (κ1) is 21.6. The van der Waals surface area contributed by atoms with Crippen LogP contribution in [0.15, 0.2) is 72.1 Å². The van der Waals surface area contributed by atoms with E-state index in [0.29, 0.717) is 30.2 Å². The van der Waals surface area contributed by atoms with Crippen LogP contribution in [-0.4, -0.2) is 30.9 Å². The predicted octanol–water partition coefficient (Wildman–Crippen LogP) is 3.43. The van der Waals surface area contributed by atoms with Crippen LogP contribution in [0.5, 0.6) is 5.75 Å². The van der Waals surface area contributed by atoms with Gasteiger partial charge in [-0.05, 0) is 47.8 Å². The number of carbonyl (C=O) groups is 3. The van der Waals surface area contributed by atoms with Gasteiger partial charge in [0.1, 0.15) is 5.75 Å². The molecule has 8 heteroatoms. The fourth-order valence-corrected chi connectivity index (χ4v) is 4.10. The van der Waals surface area contributed by atoms with Crippen LogP contribution >= 0.6 is 11.3 Å². The molecule has 0 saturated carbocycles. The maximum Gasteiger partial charge on any atom is 0.262 e. The Bertz CT molecular complexity index is 1070. The van der Waals surface area contributed by atoms with Gasteiger partial charge in [0.25, 0.3) is 5.91 Å². The molecule has 7 nitrogen and oxygen atoms in total. The van der Waals surface area contributed by atoms with Crippen LogP contribution in [0.3, 0.4) is 0 Å². The van der Waals surface area contributed by atoms with Crippen molar-refractivity contribution in [3.8, 4) is 5.75 Å². The van der Waals surface area contributed by atoms with E-state index in [1.165, 1.54) is 0 Å².